The number of halogens is 1. The number of hydrogen-bond acceptors (Lipinski definition) is 3. The number of carbonyl (C=O) groups is 1. The van der Waals surface area contributed by atoms with Gasteiger partial charge in [0.05, 0.1) is 12.2 Å². The third-order valence-corrected chi connectivity index (χ3v) is 2.65. The molecular weight excluding hydrogens is 246 g/mol. The average molecular weight is 258 g/mol. The Morgan fingerprint density at radius 1 is 1.57 bits per heavy atom. The van der Waals surface area contributed by atoms with Crippen LogP contribution >= 0.6 is 15.9 Å². The molecule has 0 bridgehead atoms. The van der Waals surface area contributed by atoms with Crippen molar-refractivity contribution in [3.05, 3.63) is 27.7 Å². The van der Waals surface area contributed by atoms with E-state index in [1.54, 1.807) is 26.0 Å². The van der Waals surface area contributed by atoms with Gasteiger partial charge in [-0.05, 0) is 47.5 Å². The van der Waals surface area contributed by atoms with Crippen LogP contribution in [0.15, 0.2) is 16.6 Å². The Hall–Kier alpha value is -1.03. The number of carbonyl (C=O) groups excluding carboxylic acids is 1. The second-order valence-corrected chi connectivity index (χ2v) is 3.71. The molecule has 0 unspecified atom stereocenters. The lowest BCUT2D eigenvalue weighted by Gasteiger charge is -2.08. The van der Waals surface area contributed by atoms with E-state index in [-0.39, 0.29) is 5.97 Å². The van der Waals surface area contributed by atoms with Gasteiger partial charge in [-0.25, -0.2) is 4.79 Å². The fraction of sp³-hybridized carbons (Fsp3) is 0.300. The number of nitrogen functional groups attached to an aromatic ring is 1. The van der Waals surface area contributed by atoms with Gasteiger partial charge in [0, 0.05) is 10.2 Å². The van der Waals surface area contributed by atoms with Gasteiger partial charge < -0.3 is 10.5 Å². The summed E-state index contributed by atoms with van der Waals surface area (Å²) in [5.74, 6) is -0.329. The molecule has 0 atom stereocenters. The van der Waals surface area contributed by atoms with Gasteiger partial charge in [0.15, 0.2) is 0 Å². The van der Waals surface area contributed by atoms with Crippen LogP contribution in [0.5, 0.6) is 0 Å². The van der Waals surface area contributed by atoms with Crippen LogP contribution in [0.2, 0.25) is 0 Å². The molecule has 0 aliphatic rings. The molecule has 0 saturated carbocycles. The summed E-state index contributed by atoms with van der Waals surface area (Å²) in [5.41, 5.74) is 7.61. The molecule has 0 aliphatic heterocycles. The summed E-state index contributed by atoms with van der Waals surface area (Å²) in [5, 5.41) is 0. The topological polar surface area (TPSA) is 52.3 Å². The van der Waals surface area contributed by atoms with Crippen LogP contribution in [-0.4, -0.2) is 12.6 Å². The van der Waals surface area contributed by atoms with Gasteiger partial charge in [0.2, 0.25) is 0 Å². The van der Waals surface area contributed by atoms with Crippen molar-refractivity contribution >= 4 is 27.6 Å². The van der Waals surface area contributed by atoms with E-state index in [9.17, 15) is 4.79 Å². The maximum Gasteiger partial charge on any atom is 0.338 e. The average Bonchev–Trinajstić information content (AvgIpc) is 2.15. The molecule has 0 aromatic heterocycles. The van der Waals surface area contributed by atoms with Crippen LogP contribution in [0.4, 0.5) is 5.69 Å². The third-order valence-electron chi connectivity index (χ3n) is 1.96. The van der Waals surface area contributed by atoms with Crippen molar-refractivity contribution in [1.82, 2.24) is 0 Å². The van der Waals surface area contributed by atoms with Crippen molar-refractivity contribution in [1.29, 1.82) is 0 Å². The standard InChI is InChI=1S/C10H12BrNO2/c1-3-14-10(13)7-4-5-8(11)9(12)6(7)2/h4-5H,3,12H2,1-2H3. The zero-order chi connectivity index (χ0) is 10.7. The molecule has 0 aliphatic carbocycles. The number of ether oxygens (including phenoxy) is 1. The molecule has 0 spiro atoms. The molecule has 76 valence electrons. The first-order valence-corrected chi connectivity index (χ1v) is 5.09. The highest BCUT2D eigenvalue weighted by molar-refractivity contribution is 9.10. The number of rotatable bonds is 2. The van der Waals surface area contributed by atoms with Crippen LogP contribution in [0.1, 0.15) is 22.8 Å². The highest BCUT2D eigenvalue weighted by Gasteiger charge is 2.12. The normalized spacial score (nSPS) is 9.93. The maximum absolute atomic E-state index is 11.4. The van der Waals surface area contributed by atoms with E-state index in [1.807, 2.05) is 0 Å². The molecule has 0 radical (unpaired) electrons. The lowest BCUT2D eigenvalue weighted by atomic mass is 10.1. The fourth-order valence-corrected chi connectivity index (χ4v) is 1.56. The van der Waals surface area contributed by atoms with Crippen LogP contribution < -0.4 is 5.73 Å². The van der Waals surface area contributed by atoms with Crippen LogP contribution in [-0.2, 0) is 4.74 Å². The summed E-state index contributed by atoms with van der Waals surface area (Å²) >= 11 is 3.29. The predicted molar refractivity (Wildman–Crippen MR) is 59.2 cm³/mol. The van der Waals surface area contributed by atoms with E-state index < -0.39 is 0 Å². The van der Waals surface area contributed by atoms with Gasteiger partial charge in [-0.3, -0.25) is 0 Å². The Kier molecular flexibility index (Phi) is 3.52. The maximum atomic E-state index is 11.4. The van der Waals surface area contributed by atoms with E-state index >= 15 is 0 Å². The fourth-order valence-electron chi connectivity index (χ4n) is 1.13. The summed E-state index contributed by atoms with van der Waals surface area (Å²) in [7, 11) is 0. The largest absolute Gasteiger partial charge is 0.462 e. The van der Waals surface area contributed by atoms with E-state index in [2.05, 4.69) is 15.9 Å². The van der Waals surface area contributed by atoms with Crippen LogP contribution in [0.3, 0.4) is 0 Å². The SMILES string of the molecule is CCOC(=O)c1ccc(Br)c(N)c1C. The molecular formula is C10H12BrNO2. The quantitative estimate of drug-likeness (QED) is 0.655. The molecule has 3 nitrogen and oxygen atoms in total. The number of hydrogen-bond donors (Lipinski definition) is 1. The molecule has 0 fully saturated rings. The summed E-state index contributed by atoms with van der Waals surface area (Å²) in [6.07, 6.45) is 0. The van der Waals surface area contributed by atoms with Gasteiger partial charge in [0.1, 0.15) is 0 Å². The first kappa shape index (κ1) is 11.0. The van der Waals surface area contributed by atoms with Gasteiger partial charge >= 0.3 is 5.97 Å². The Morgan fingerprint density at radius 3 is 2.79 bits per heavy atom. The molecule has 2 N–H and O–H groups in total. The van der Waals surface area contributed by atoms with E-state index in [0.717, 1.165) is 10.0 Å². The Morgan fingerprint density at radius 2 is 2.21 bits per heavy atom. The Labute approximate surface area is 91.4 Å². The van der Waals surface area contributed by atoms with Crippen molar-refractivity contribution < 1.29 is 9.53 Å². The van der Waals surface area contributed by atoms with E-state index in [1.165, 1.54) is 0 Å². The number of benzene rings is 1. The summed E-state index contributed by atoms with van der Waals surface area (Å²) < 4.78 is 5.69. The lowest BCUT2D eigenvalue weighted by Crippen LogP contribution is -2.08. The zero-order valence-electron chi connectivity index (χ0n) is 8.13. The number of esters is 1. The van der Waals surface area contributed by atoms with Crippen molar-refractivity contribution in [2.24, 2.45) is 0 Å². The van der Waals surface area contributed by atoms with Gasteiger partial charge in [-0.15, -0.1) is 0 Å². The first-order chi connectivity index (χ1) is 6.57. The van der Waals surface area contributed by atoms with Crippen molar-refractivity contribution in [3.63, 3.8) is 0 Å². The van der Waals surface area contributed by atoms with E-state index in [4.69, 9.17) is 10.5 Å². The second-order valence-electron chi connectivity index (χ2n) is 2.85. The van der Waals surface area contributed by atoms with Crippen LogP contribution in [0.25, 0.3) is 0 Å². The molecule has 1 aromatic carbocycles. The highest BCUT2D eigenvalue weighted by Crippen LogP contribution is 2.25. The van der Waals surface area contributed by atoms with Gasteiger partial charge in [-0.1, -0.05) is 0 Å². The summed E-state index contributed by atoms with van der Waals surface area (Å²) in [4.78, 5) is 11.4. The lowest BCUT2D eigenvalue weighted by molar-refractivity contribution is 0.0525. The monoisotopic (exact) mass is 257 g/mol. The first-order valence-electron chi connectivity index (χ1n) is 4.29. The zero-order valence-corrected chi connectivity index (χ0v) is 9.72. The van der Waals surface area contributed by atoms with Gasteiger partial charge in [0.25, 0.3) is 0 Å². The molecule has 1 rings (SSSR count). The minimum atomic E-state index is -0.329. The third kappa shape index (κ3) is 2.07. The minimum Gasteiger partial charge on any atom is -0.462 e. The number of nitrogens with two attached hydrogens (primary N) is 1. The molecule has 0 amide bonds. The predicted octanol–water partition coefficient (Wildman–Crippen LogP) is 2.52. The summed E-state index contributed by atoms with van der Waals surface area (Å²) in [6, 6.07) is 3.45. The Bertz CT molecular complexity index is 363. The van der Waals surface area contributed by atoms with Crippen molar-refractivity contribution in [2.75, 3.05) is 12.3 Å². The Balaban J connectivity index is 3.11. The summed E-state index contributed by atoms with van der Waals surface area (Å²) in [6.45, 7) is 3.94. The number of anilines is 1. The minimum absolute atomic E-state index is 0.329. The molecule has 0 heterocycles. The van der Waals surface area contributed by atoms with E-state index in [0.29, 0.717) is 17.9 Å². The molecule has 14 heavy (non-hydrogen) atoms. The second kappa shape index (κ2) is 4.46. The molecule has 0 saturated heterocycles. The smallest absolute Gasteiger partial charge is 0.338 e. The highest BCUT2D eigenvalue weighted by atomic mass is 79.9. The van der Waals surface area contributed by atoms with Crippen molar-refractivity contribution in [3.8, 4) is 0 Å². The molecule has 1 aromatic rings. The van der Waals surface area contributed by atoms with Gasteiger partial charge in [-0.2, -0.15) is 0 Å². The molecule has 4 heteroatoms. The van der Waals surface area contributed by atoms with Crippen molar-refractivity contribution in [2.45, 2.75) is 13.8 Å². The van der Waals surface area contributed by atoms with Crippen LogP contribution in [0, 0.1) is 6.92 Å².